The number of allylic oxidation sites excluding steroid dienone is 1. The Balaban J connectivity index is 1.51. The first-order valence-corrected chi connectivity index (χ1v) is 10.8. The maximum atomic E-state index is 12.7. The number of carbonyl (C=O) groups is 2. The van der Waals surface area contributed by atoms with Gasteiger partial charge >= 0.3 is 11.9 Å². The molecule has 0 aliphatic heterocycles. The van der Waals surface area contributed by atoms with E-state index < -0.39 is 18.0 Å². The van der Waals surface area contributed by atoms with Gasteiger partial charge in [-0.3, -0.25) is 0 Å². The fourth-order valence-electron chi connectivity index (χ4n) is 4.27. The lowest BCUT2D eigenvalue weighted by atomic mass is 9.90. The fraction of sp³-hybridized carbons (Fsp3) is 0.154. The quantitative estimate of drug-likeness (QED) is 0.319. The van der Waals surface area contributed by atoms with Crippen LogP contribution in [0, 0.1) is 0 Å². The van der Waals surface area contributed by atoms with Crippen molar-refractivity contribution in [2.24, 2.45) is 0 Å². The average Bonchev–Trinajstić information content (AvgIpc) is 3.52. The van der Waals surface area contributed by atoms with Crippen molar-refractivity contribution in [2.45, 2.75) is 12.5 Å². The lowest BCUT2D eigenvalue weighted by Crippen LogP contribution is -2.33. The maximum absolute atomic E-state index is 12.7. The smallest absolute Gasteiger partial charge is 0.335 e. The minimum absolute atomic E-state index is 0.244. The molecule has 172 valence electrons. The molecule has 1 aliphatic rings. The Morgan fingerprint density at radius 3 is 2.12 bits per heavy atom. The number of hydrogen-bond donors (Lipinski definition) is 4. The molecule has 2 aromatic carbocycles. The number of ether oxygens (including phenoxy) is 2. The largest absolute Gasteiger partial charge is 0.466 e. The first kappa shape index (κ1) is 21.4. The van der Waals surface area contributed by atoms with E-state index in [1.165, 1.54) is 14.2 Å². The summed E-state index contributed by atoms with van der Waals surface area (Å²) in [5.74, 6) is -0.928. The number of rotatable bonds is 6. The molecule has 1 aliphatic carbocycles. The van der Waals surface area contributed by atoms with E-state index in [0.717, 1.165) is 33.2 Å². The molecule has 34 heavy (non-hydrogen) atoms. The summed E-state index contributed by atoms with van der Waals surface area (Å²) in [7, 11) is 2.69. The van der Waals surface area contributed by atoms with Gasteiger partial charge in [0.2, 0.25) is 0 Å². The van der Waals surface area contributed by atoms with Gasteiger partial charge in [0.25, 0.3) is 0 Å². The van der Waals surface area contributed by atoms with Crippen LogP contribution in [0.2, 0.25) is 0 Å². The molecular formula is C26H24N4O4. The van der Waals surface area contributed by atoms with Crippen molar-refractivity contribution >= 4 is 45.1 Å². The zero-order valence-electron chi connectivity index (χ0n) is 18.8. The first-order chi connectivity index (χ1) is 16.6. The van der Waals surface area contributed by atoms with Gasteiger partial charge in [0.15, 0.2) is 0 Å². The molecule has 1 unspecified atom stereocenters. The molecular weight excluding hydrogens is 432 g/mol. The number of hydrogen-bond acceptors (Lipinski definition) is 6. The summed E-state index contributed by atoms with van der Waals surface area (Å²) in [6.07, 6.45) is 5.64. The van der Waals surface area contributed by atoms with Crippen LogP contribution in [0.4, 0.5) is 11.4 Å². The molecule has 0 saturated heterocycles. The van der Waals surface area contributed by atoms with Gasteiger partial charge < -0.3 is 30.1 Å². The average molecular weight is 457 g/mol. The van der Waals surface area contributed by atoms with Crippen LogP contribution < -0.4 is 10.6 Å². The van der Waals surface area contributed by atoms with E-state index in [1.807, 2.05) is 60.9 Å². The number of fused-ring (bicyclic) bond motifs is 2. The minimum Gasteiger partial charge on any atom is -0.466 e. The standard InChI is InChI=1S/C26H24N4O4/c1-33-25(31)19-13-24(30-18-4-6-22-16(12-18)8-10-28-22)20(26(32)34-2)14-23(19)29-17-3-5-21-15(11-17)7-9-27-21/h3-13,23,27-30H,14H2,1-2H3. The van der Waals surface area contributed by atoms with E-state index in [1.54, 1.807) is 6.08 Å². The second-order valence-corrected chi connectivity index (χ2v) is 8.06. The number of aromatic amines is 2. The molecule has 8 heteroatoms. The van der Waals surface area contributed by atoms with Crippen LogP contribution in [0.15, 0.2) is 83.8 Å². The normalized spacial score (nSPS) is 15.8. The molecule has 0 radical (unpaired) electrons. The maximum Gasteiger partial charge on any atom is 0.335 e. The van der Waals surface area contributed by atoms with Crippen LogP contribution in [0.3, 0.4) is 0 Å². The number of nitrogens with one attached hydrogen (secondary N) is 4. The predicted octanol–water partition coefficient (Wildman–Crippen LogP) is 4.47. The van der Waals surface area contributed by atoms with Gasteiger partial charge in [-0.05, 0) is 54.6 Å². The van der Waals surface area contributed by atoms with E-state index >= 15 is 0 Å². The molecule has 4 aromatic rings. The molecule has 2 aromatic heterocycles. The first-order valence-electron chi connectivity index (χ1n) is 10.8. The molecule has 0 spiro atoms. The molecule has 0 bridgehead atoms. The summed E-state index contributed by atoms with van der Waals surface area (Å²) < 4.78 is 10.1. The van der Waals surface area contributed by atoms with Gasteiger partial charge in [-0.15, -0.1) is 0 Å². The highest BCUT2D eigenvalue weighted by Gasteiger charge is 2.32. The van der Waals surface area contributed by atoms with Crippen molar-refractivity contribution in [3.63, 3.8) is 0 Å². The predicted molar refractivity (Wildman–Crippen MR) is 131 cm³/mol. The molecule has 2 heterocycles. The second kappa shape index (κ2) is 8.82. The Labute approximate surface area is 195 Å². The van der Waals surface area contributed by atoms with Crippen LogP contribution in [0.5, 0.6) is 0 Å². The highest BCUT2D eigenvalue weighted by molar-refractivity contribution is 5.97. The third-order valence-electron chi connectivity index (χ3n) is 5.99. The summed E-state index contributed by atoms with van der Waals surface area (Å²) in [6.45, 7) is 0. The summed E-state index contributed by atoms with van der Waals surface area (Å²) >= 11 is 0. The van der Waals surface area contributed by atoms with Crippen molar-refractivity contribution < 1.29 is 19.1 Å². The third kappa shape index (κ3) is 4.01. The van der Waals surface area contributed by atoms with E-state index in [2.05, 4.69) is 20.6 Å². The van der Waals surface area contributed by atoms with Gasteiger partial charge in [-0.1, -0.05) is 0 Å². The number of benzene rings is 2. The highest BCUT2D eigenvalue weighted by Crippen LogP contribution is 2.31. The van der Waals surface area contributed by atoms with Crippen molar-refractivity contribution in [1.29, 1.82) is 0 Å². The van der Waals surface area contributed by atoms with Gasteiger partial charge in [-0.25, -0.2) is 9.59 Å². The number of H-pyrrole nitrogens is 2. The van der Waals surface area contributed by atoms with Crippen molar-refractivity contribution in [1.82, 2.24) is 9.97 Å². The molecule has 4 N–H and O–H groups in total. The van der Waals surface area contributed by atoms with Crippen molar-refractivity contribution in [2.75, 3.05) is 24.9 Å². The lowest BCUT2D eigenvalue weighted by molar-refractivity contribution is -0.138. The minimum atomic E-state index is -0.476. The topological polar surface area (TPSA) is 108 Å². The van der Waals surface area contributed by atoms with Crippen molar-refractivity contribution in [3.8, 4) is 0 Å². The molecule has 5 rings (SSSR count). The Morgan fingerprint density at radius 1 is 0.853 bits per heavy atom. The zero-order chi connectivity index (χ0) is 23.7. The van der Waals surface area contributed by atoms with Crippen LogP contribution in [-0.4, -0.2) is 42.2 Å². The summed E-state index contributed by atoms with van der Waals surface area (Å²) in [5.41, 5.74) is 4.98. The summed E-state index contributed by atoms with van der Waals surface area (Å²) in [4.78, 5) is 31.8. The van der Waals surface area contributed by atoms with E-state index in [4.69, 9.17) is 9.47 Å². The number of aromatic nitrogens is 2. The molecule has 0 saturated carbocycles. The van der Waals surface area contributed by atoms with Gasteiger partial charge in [0, 0.05) is 57.7 Å². The van der Waals surface area contributed by atoms with Crippen LogP contribution in [0.25, 0.3) is 21.8 Å². The molecule has 8 nitrogen and oxygen atoms in total. The monoisotopic (exact) mass is 456 g/mol. The Morgan fingerprint density at radius 2 is 1.47 bits per heavy atom. The van der Waals surface area contributed by atoms with Crippen LogP contribution in [0.1, 0.15) is 6.42 Å². The molecule has 0 fully saturated rings. The van der Waals surface area contributed by atoms with Gasteiger partial charge in [0.1, 0.15) is 0 Å². The fourth-order valence-corrected chi connectivity index (χ4v) is 4.27. The molecule has 0 amide bonds. The number of methoxy groups -OCH3 is 2. The Kier molecular flexibility index (Phi) is 5.55. The third-order valence-corrected chi connectivity index (χ3v) is 5.99. The van der Waals surface area contributed by atoms with E-state index in [9.17, 15) is 9.59 Å². The van der Waals surface area contributed by atoms with Crippen LogP contribution in [-0.2, 0) is 19.1 Å². The summed E-state index contributed by atoms with van der Waals surface area (Å²) in [5, 5.41) is 8.74. The molecule has 1 atom stereocenters. The van der Waals surface area contributed by atoms with E-state index in [0.29, 0.717) is 16.8 Å². The second-order valence-electron chi connectivity index (χ2n) is 8.06. The van der Waals surface area contributed by atoms with E-state index in [-0.39, 0.29) is 6.42 Å². The van der Waals surface area contributed by atoms with Crippen molar-refractivity contribution in [3.05, 3.63) is 83.8 Å². The lowest BCUT2D eigenvalue weighted by Gasteiger charge is -2.28. The zero-order valence-corrected chi connectivity index (χ0v) is 18.8. The highest BCUT2D eigenvalue weighted by atomic mass is 16.5. The van der Waals surface area contributed by atoms with Gasteiger partial charge in [0.05, 0.1) is 31.4 Å². The number of carbonyl (C=O) groups excluding carboxylic acids is 2. The SMILES string of the molecule is COC(=O)C1=CC(Nc2ccc3[nH]ccc3c2)=C(C(=O)OC)CC1Nc1ccc2[nH]ccc2c1. The Hall–Kier alpha value is -4.46. The number of esters is 2. The van der Waals surface area contributed by atoms with Gasteiger partial charge in [-0.2, -0.15) is 0 Å². The Bertz CT molecular complexity index is 1460. The van der Waals surface area contributed by atoms with Crippen LogP contribution >= 0.6 is 0 Å². The number of anilines is 2. The summed E-state index contributed by atoms with van der Waals surface area (Å²) in [6, 6.07) is 15.2.